The molecule has 1 aromatic heterocycles. The molecule has 1 unspecified atom stereocenters. The molecule has 43 heavy (non-hydrogen) atoms. The number of aliphatic hydroxyl groups excluding tert-OH is 3. The molecule has 0 spiro atoms. The highest BCUT2D eigenvalue weighted by molar-refractivity contribution is 6.31. The summed E-state index contributed by atoms with van der Waals surface area (Å²) >= 11 is 6.33. The van der Waals surface area contributed by atoms with E-state index in [1.165, 1.54) is 0 Å². The number of H-pyrrole nitrogens is 1. The minimum Gasteiger partial charge on any atom is -0.493 e. The molecule has 2 heterocycles. The van der Waals surface area contributed by atoms with Crippen LogP contribution in [0.25, 0.3) is 10.9 Å². The molecule has 0 bridgehead atoms. The highest BCUT2D eigenvalue weighted by atomic mass is 35.5. The molecule has 0 saturated heterocycles. The van der Waals surface area contributed by atoms with Crippen molar-refractivity contribution in [1.29, 1.82) is 0 Å². The number of hydrogen-bond donors (Lipinski definition) is 4. The average Bonchev–Trinajstić information content (AvgIpc) is 3.36. The minimum absolute atomic E-state index is 0.0363. The van der Waals surface area contributed by atoms with Gasteiger partial charge in [-0.25, -0.2) is 4.79 Å². The van der Waals surface area contributed by atoms with Gasteiger partial charge in [-0.1, -0.05) is 41.4 Å². The summed E-state index contributed by atoms with van der Waals surface area (Å²) < 4.78 is 11.7. The van der Waals surface area contributed by atoms with Crippen molar-refractivity contribution < 1.29 is 29.6 Å². The maximum Gasteiger partial charge on any atom is 0.416 e. The summed E-state index contributed by atoms with van der Waals surface area (Å²) in [6, 6.07) is 20.4. The van der Waals surface area contributed by atoms with Gasteiger partial charge in [0, 0.05) is 54.2 Å². The number of aromatic amines is 1. The Kier molecular flexibility index (Phi) is 10.2. The van der Waals surface area contributed by atoms with E-state index in [2.05, 4.69) is 4.98 Å². The molecular formula is C33H38ClN3O6. The Morgan fingerprint density at radius 1 is 1.05 bits per heavy atom. The molecule has 1 aliphatic rings. The summed E-state index contributed by atoms with van der Waals surface area (Å²) in [6.07, 6.45) is -0.0204. The number of aromatic nitrogens is 1. The van der Waals surface area contributed by atoms with Gasteiger partial charge in [-0.05, 0) is 66.9 Å². The standard InChI is InChI=1S/C33H38ClN3O6/c1-22-2-7-27(8-3-22)43-33(41)37-14-12-28-29-20-24(34)6-11-30(29)35-31(28)32(37)23-4-9-26(10-5-23)42-19-13-25(40)21-36(15-17-38)16-18-39/h2-11,20,25,32,35,38-40H,12-19,21H2,1H3/t25?,32-/m0/s1. The van der Waals surface area contributed by atoms with Crippen molar-refractivity contribution in [1.82, 2.24) is 14.8 Å². The van der Waals surface area contributed by atoms with Crippen LogP contribution in [0.5, 0.6) is 11.5 Å². The van der Waals surface area contributed by atoms with Gasteiger partial charge in [0.25, 0.3) is 0 Å². The van der Waals surface area contributed by atoms with Crippen molar-refractivity contribution in [2.24, 2.45) is 0 Å². The molecule has 1 amide bonds. The fraction of sp³-hybridized carbons (Fsp3) is 0.364. The molecule has 10 heteroatoms. The van der Waals surface area contributed by atoms with Crippen molar-refractivity contribution in [2.45, 2.75) is 31.9 Å². The largest absolute Gasteiger partial charge is 0.493 e. The van der Waals surface area contributed by atoms with Crippen LogP contribution >= 0.6 is 11.6 Å². The van der Waals surface area contributed by atoms with Gasteiger partial charge >= 0.3 is 6.09 Å². The number of hydrogen-bond acceptors (Lipinski definition) is 7. The van der Waals surface area contributed by atoms with Crippen LogP contribution in [-0.4, -0.2) is 88.3 Å². The first-order chi connectivity index (χ1) is 20.9. The van der Waals surface area contributed by atoms with Crippen molar-refractivity contribution in [3.8, 4) is 11.5 Å². The van der Waals surface area contributed by atoms with E-state index < -0.39 is 18.2 Å². The van der Waals surface area contributed by atoms with Gasteiger partial charge < -0.3 is 29.8 Å². The summed E-state index contributed by atoms with van der Waals surface area (Å²) in [5.41, 5.74) is 5.00. The van der Waals surface area contributed by atoms with Crippen LogP contribution in [0.3, 0.4) is 0 Å². The predicted molar refractivity (Wildman–Crippen MR) is 166 cm³/mol. The fourth-order valence-electron chi connectivity index (χ4n) is 5.60. The number of fused-ring (bicyclic) bond motifs is 3. The van der Waals surface area contributed by atoms with Crippen LogP contribution in [0.4, 0.5) is 4.79 Å². The molecule has 3 aromatic carbocycles. The van der Waals surface area contributed by atoms with Gasteiger partial charge in [0.05, 0.1) is 25.9 Å². The second kappa shape index (κ2) is 14.2. The number of carbonyl (C=O) groups is 1. The average molecular weight is 608 g/mol. The molecule has 0 aliphatic carbocycles. The first-order valence-corrected chi connectivity index (χ1v) is 14.9. The summed E-state index contributed by atoms with van der Waals surface area (Å²) in [7, 11) is 0. The first-order valence-electron chi connectivity index (χ1n) is 14.6. The maximum atomic E-state index is 13.5. The quantitative estimate of drug-likeness (QED) is 0.184. The zero-order chi connectivity index (χ0) is 30.3. The van der Waals surface area contributed by atoms with E-state index in [4.69, 9.17) is 21.1 Å². The fourth-order valence-corrected chi connectivity index (χ4v) is 5.77. The Balaban J connectivity index is 1.33. The Hall–Kier alpha value is -3.60. The number of rotatable bonds is 12. The lowest BCUT2D eigenvalue weighted by molar-refractivity contribution is 0.0731. The van der Waals surface area contributed by atoms with Crippen LogP contribution < -0.4 is 9.47 Å². The number of aliphatic hydroxyl groups is 3. The zero-order valence-electron chi connectivity index (χ0n) is 24.2. The van der Waals surface area contributed by atoms with Crippen molar-refractivity contribution >= 4 is 28.6 Å². The molecule has 0 fully saturated rings. The Morgan fingerprint density at radius 2 is 1.74 bits per heavy atom. The van der Waals surface area contributed by atoms with E-state index in [-0.39, 0.29) is 13.2 Å². The second-order valence-corrected chi connectivity index (χ2v) is 11.3. The zero-order valence-corrected chi connectivity index (χ0v) is 25.0. The van der Waals surface area contributed by atoms with E-state index in [0.717, 1.165) is 33.3 Å². The molecule has 9 nitrogen and oxygen atoms in total. The number of carbonyl (C=O) groups excluding carboxylic acids is 1. The number of aryl methyl sites for hydroxylation is 1. The second-order valence-electron chi connectivity index (χ2n) is 10.8. The van der Waals surface area contributed by atoms with Gasteiger partial charge in [-0.15, -0.1) is 0 Å². The van der Waals surface area contributed by atoms with E-state index in [0.29, 0.717) is 62.1 Å². The highest BCUT2D eigenvalue weighted by Gasteiger charge is 2.35. The predicted octanol–water partition coefficient (Wildman–Crippen LogP) is 4.69. The van der Waals surface area contributed by atoms with E-state index in [1.807, 2.05) is 66.4 Å². The van der Waals surface area contributed by atoms with Crippen molar-refractivity contribution in [3.05, 3.63) is 94.1 Å². The smallest absolute Gasteiger partial charge is 0.416 e. The molecular weight excluding hydrogens is 570 g/mol. The third-order valence-electron chi connectivity index (χ3n) is 7.77. The molecule has 0 radical (unpaired) electrons. The normalized spacial score (nSPS) is 15.5. The van der Waals surface area contributed by atoms with Crippen LogP contribution in [0, 0.1) is 6.92 Å². The van der Waals surface area contributed by atoms with Crippen LogP contribution in [0.1, 0.15) is 34.8 Å². The van der Waals surface area contributed by atoms with Gasteiger partial charge in [0.2, 0.25) is 0 Å². The number of nitrogens with zero attached hydrogens (tertiary/aromatic N) is 2. The Bertz CT molecular complexity index is 1500. The van der Waals surface area contributed by atoms with Gasteiger partial charge in [0.1, 0.15) is 17.5 Å². The number of benzene rings is 3. The van der Waals surface area contributed by atoms with Gasteiger partial charge in [0.15, 0.2) is 0 Å². The lowest BCUT2D eigenvalue weighted by atomic mass is 9.92. The summed E-state index contributed by atoms with van der Waals surface area (Å²) in [5.74, 6) is 1.14. The van der Waals surface area contributed by atoms with Crippen molar-refractivity contribution in [3.63, 3.8) is 0 Å². The molecule has 0 saturated carbocycles. The molecule has 5 rings (SSSR count). The SMILES string of the molecule is Cc1ccc(OC(=O)N2CCc3c([nH]c4ccc(Cl)cc34)[C@@H]2c2ccc(OCCC(O)CN(CCO)CCO)cc2)cc1. The highest BCUT2D eigenvalue weighted by Crippen LogP contribution is 2.40. The number of amides is 1. The Labute approximate surface area is 256 Å². The topological polar surface area (TPSA) is 118 Å². The van der Waals surface area contributed by atoms with Crippen molar-refractivity contribution in [2.75, 3.05) is 46.0 Å². The minimum atomic E-state index is -0.651. The van der Waals surface area contributed by atoms with Crippen LogP contribution in [0.15, 0.2) is 66.7 Å². The van der Waals surface area contributed by atoms with E-state index in [9.17, 15) is 20.1 Å². The Morgan fingerprint density at radius 3 is 2.44 bits per heavy atom. The monoisotopic (exact) mass is 607 g/mol. The summed E-state index contributed by atoms with van der Waals surface area (Å²) in [5, 5.41) is 30.5. The number of nitrogens with one attached hydrogen (secondary N) is 1. The summed E-state index contributed by atoms with van der Waals surface area (Å²) in [6.45, 7) is 3.81. The number of ether oxygens (including phenoxy) is 2. The molecule has 228 valence electrons. The number of halogens is 1. The third-order valence-corrected chi connectivity index (χ3v) is 8.00. The van der Waals surface area contributed by atoms with Gasteiger partial charge in [-0.2, -0.15) is 0 Å². The van der Waals surface area contributed by atoms with Crippen LogP contribution in [0.2, 0.25) is 5.02 Å². The first kappa shape index (κ1) is 30.8. The third kappa shape index (κ3) is 7.49. The molecule has 4 aromatic rings. The molecule has 4 N–H and O–H groups in total. The maximum absolute atomic E-state index is 13.5. The lowest BCUT2D eigenvalue weighted by Gasteiger charge is -2.35. The molecule has 1 aliphatic heterocycles. The van der Waals surface area contributed by atoms with Crippen LogP contribution in [-0.2, 0) is 6.42 Å². The van der Waals surface area contributed by atoms with Gasteiger partial charge in [-0.3, -0.25) is 9.80 Å². The van der Waals surface area contributed by atoms with E-state index in [1.54, 1.807) is 17.0 Å². The molecule has 2 atom stereocenters. The summed E-state index contributed by atoms with van der Waals surface area (Å²) in [4.78, 5) is 20.6. The van der Waals surface area contributed by atoms with E-state index >= 15 is 0 Å². The lowest BCUT2D eigenvalue weighted by Crippen LogP contribution is -2.42.